The van der Waals surface area contributed by atoms with Crippen LogP contribution in [0.5, 0.6) is 0 Å². The number of cyclic esters (lactones) is 2. The summed E-state index contributed by atoms with van der Waals surface area (Å²) in [6.07, 6.45) is 16.4. The van der Waals surface area contributed by atoms with Crippen LogP contribution in [0.3, 0.4) is 0 Å². The molecule has 0 aromatic rings. The standard InChI is InChI=1S/C20H36O3/c1-3-5-7-9-10-11-13-15-17(14-12-8-6-4-2)18-16-19(21)23-20(18)22/h17-18H,3-16H2,1-2H3. The third-order valence-electron chi connectivity index (χ3n) is 5.08. The van der Waals surface area contributed by atoms with Gasteiger partial charge in [0.15, 0.2) is 0 Å². The molecule has 0 radical (unpaired) electrons. The molecule has 0 aliphatic carbocycles. The summed E-state index contributed by atoms with van der Waals surface area (Å²) < 4.78 is 4.78. The van der Waals surface area contributed by atoms with E-state index in [9.17, 15) is 9.59 Å². The van der Waals surface area contributed by atoms with E-state index in [1.165, 1.54) is 70.6 Å². The van der Waals surface area contributed by atoms with E-state index in [1.807, 2.05) is 0 Å². The van der Waals surface area contributed by atoms with Gasteiger partial charge in [-0.1, -0.05) is 84.5 Å². The first-order valence-electron chi connectivity index (χ1n) is 9.93. The van der Waals surface area contributed by atoms with Crippen molar-refractivity contribution in [3.05, 3.63) is 0 Å². The van der Waals surface area contributed by atoms with E-state index in [4.69, 9.17) is 4.74 Å². The molecule has 134 valence electrons. The molecule has 1 aliphatic rings. The molecule has 1 heterocycles. The van der Waals surface area contributed by atoms with Crippen molar-refractivity contribution >= 4 is 11.9 Å². The van der Waals surface area contributed by atoms with E-state index in [-0.39, 0.29) is 17.9 Å². The SMILES string of the molecule is CCCCCCCCCC(CCCCCC)C1CC(=O)OC1=O. The molecular formula is C20H36O3. The maximum absolute atomic E-state index is 11.9. The molecule has 2 atom stereocenters. The van der Waals surface area contributed by atoms with E-state index < -0.39 is 0 Å². The third kappa shape index (κ3) is 8.53. The summed E-state index contributed by atoms with van der Waals surface area (Å²) in [6, 6.07) is 0. The van der Waals surface area contributed by atoms with Crippen LogP contribution < -0.4 is 0 Å². The minimum absolute atomic E-state index is 0.163. The molecular weight excluding hydrogens is 288 g/mol. The first-order chi connectivity index (χ1) is 11.2. The third-order valence-corrected chi connectivity index (χ3v) is 5.08. The van der Waals surface area contributed by atoms with Crippen molar-refractivity contribution in [3.63, 3.8) is 0 Å². The highest BCUT2D eigenvalue weighted by atomic mass is 16.6. The lowest BCUT2D eigenvalue weighted by atomic mass is 9.82. The largest absolute Gasteiger partial charge is 0.393 e. The Morgan fingerprint density at radius 3 is 1.78 bits per heavy atom. The quantitative estimate of drug-likeness (QED) is 0.230. The molecule has 3 heteroatoms. The Balaban J connectivity index is 2.29. The molecule has 0 spiro atoms. The zero-order chi connectivity index (χ0) is 16.9. The van der Waals surface area contributed by atoms with Crippen LogP contribution in [0.2, 0.25) is 0 Å². The molecule has 0 N–H and O–H groups in total. The van der Waals surface area contributed by atoms with Gasteiger partial charge in [-0.05, 0) is 18.8 Å². The number of ether oxygens (including phenoxy) is 1. The van der Waals surface area contributed by atoms with Gasteiger partial charge in [0.1, 0.15) is 0 Å². The van der Waals surface area contributed by atoms with Crippen molar-refractivity contribution in [2.45, 2.75) is 104 Å². The smallest absolute Gasteiger partial charge is 0.317 e. The minimum Gasteiger partial charge on any atom is -0.393 e. The van der Waals surface area contributed by atoms with Crippen LogP contribution in [0.15, 0.2) is 0 Å². The lowest BCUT2D eigenvalue weighted by Gasteiger charge is -2.20. The highest BCUT2D eigenvalue weighted by Gasteiger charge is 2.38. The summed E-state index contributed by atoms with van der Waals surface area (Å²) in [5.74, 6) is -0.401. The zero-order valence-electron chi connectivity index (χ0n) is 15.3. The molecule has 3 nitrogen and oxygen atoms in total. The van der Waals surface area contributed by atoms with Gasteiger partial charge in [-0.15, -0.1) is 0 Å². The van der Waals surface area contributed by atoms with Gasteiger partial charge < -0.3 is 4.74 Å². The van der Waals surface area contributed by atoms with Gasteiger partial charge in [0.25, 0.3) is 0 Å². The van der Waals surface area contributed by atoms with Crippen LogP contribution in [0, 0.1) is 11.8 Å². The fourth-order valence-electron chi connectivity index (χ4n) is 3.60. The molecule has 0 bridgehead atoms. The maximum atomic E-state index is 11.9. The lowest BCUT2D eigenvalue weighted by molar-refractivity contribution is -0.153. The lowest BCUT2D eigenvalue weighted by Crippen LogP contribution is -2.19. The summed E-state index contributed by atoms with van der Waals surface area (Å²) in [7, 11) is 0. The zero-order valence-corrected chi connectivity index (χ0v) is 15.3. The Bertz CT molecular complexity index is 338. The Labute approximate surface area is 142 Å². The summed E-state index contributed by atoms with van der Waals surface area (Å²) in [5, 5.41) is 0. The highest BCUT2D eigenvalue weighted by molar-refractivity contribution is 5.94. The summed E-state index contributed by atoms with van der Waals surface area (Å²) >= 11 is 0. The number of carbonyl (C=O) groups is 2. The van der Waals surface area contributed by atoms with Crippen LogP contribution in [-0.2, 0) is 14.3 Å². The topological polar surface area (TPSA) is 43.4 Å². The molecule has 1 fully saturated rings. The minimum atomic E-state index is -0.321. The van der Waals surface area contributed by atoms with Crippen LogP contribution in [0.1, 0.15) is 104 Å². The molecule has 23 heavy (non-hydrogen) atoms. The van der Waals surface area contributed by atoms with Crippen molar-refractivity contribution in [1.82, 2.24) is 0 Å². The molecule has 1 aliphatic heterocycles. The Hall–Kier alpha value is -0.860. The van der Waals surface area contributed by atoms with Crippen molar-refractivity contribution in [2.75, 3.05) is 0 Å². The van der Waals surface area contributed by atoms with Crippen molar-refractivity contribution < 1.29 is 14.3 Å². The van der Waals surface area contributed by atoms with Gasteiger partial charge in [0.2, 0.25) is 0 Å². The first kappa shape index (κ1) is 20.2. The second-order valence-corrected chi connectivity index (χ2v) is 7.12. The van der Waals surface area contributed by atoms with Gasteiger partial charge in [0.05, 0.1) is 12.3 Å². The van der Waals surface area contributed by atoms with E-state index in [1.54, 1.807) is 0 Å². The maximum Gasteiger partial charge on any atom is 0.317 e. The van der Waals surface area contributed by atoms with Crippen LogP contribution >= 0.6 is 0 Å². The predicted octanol–water partition coefficient (Wildman–Crippen LogP) is 5.80. The van der Waals surface area contributed by atoms with E-state index in [2.05, 4.69) is 13.8 Å². The molecule has 0 aromatic carbocycles. The number of unbranched alkanes of at least 4 members (excludes halogenated alkanes) is 9. The Kier molecular flexibility index (Phi) is 11.0. The predicted molar refractivity (Wildman–Crippen MR) is 94.1 cm³/mol. The van der Waals surface area contributed by atoms with Gasteiger partial charge in [0, 0.05) is 0 Å². The van der Waals surface area contributed by atoms with Gasteiger partial charge in [-0.3, -0.25) is 9.59 Å². The fourth-order valence-corrected chi connectivity index (χ4v) is 3.60. The molecule has 1 rings (SSSR count). The van der Waals surface area contributed by atoms with Crippen LogP contribution in [0.4, 0.5) is 0 Å². The number of hydrogen-bond donors (Lipinski definition) is 0. The Morgan fingerprint density at radius 2 is 1.30 bits per heavy atom. The molecule has 0 saturated carbocycles. The summed E-state index contributed by atoms with van der Waals surface area (Å²) in [6.45, 7) is 4.45. The monoisotopic (exact) mass is 324 g/mol. The average molecular weight is 325 g/mol. The van der Waals surface area contributed by atoms with E-state index >= 15 is 0 Å². The van der Waals surface area contributed by atoms with Gasteiger partial charge in [-0.2, -0.15) is 0 Å². The molecule has 2 unspecified atom stereocenters. The second-order valence-electron chi connectivity index (χ2n) is 7.12. The number of hydrogen-bond acceptors (Lipinski definition) is 3. The first-order valence-corrected chi connectivity index (χ1v) is 9.93. The number of carbonyl (C=O) groups excluding carboxylic acids is 2. The highest BCUT2D eigenvalue weighted by Crippen LogP contribution is 2.32. The second kappa shape index (κ2) is 12.5. The molecule has 1 saturated heterocycles. The van der Waals surface area contributed by atoms with E-state index in [0.717, 1.165) is 12.8 Å². The fraction of sp³-hybridized carbons (Fsp3) is 0.900. The van der Waals surface area contributed by atoms with E-state index in [0.29, 0.717) is 12.3 Å². The van der Waals surface area contributed by atoms with Crippen molar-refractivity contribution in [2.24, 2.45) is 11.8 Å². The summed E-state index contributed by atoms with van der Waals surface area (Å²) in [4.78, 5) is 23.3. The number of rotatable bonds is 14. The van der Waals surface area contributed by atoms with Crippen LogP contribution in [0.25, 0.3) is 0 Å². The summed E-state index contributed by atoms with van der Waals surface area (Å²) in [5.41, 5.74) is 0. The van der Waals surface area contributed by atoms with Crippen LogP contribution in [-0.4, -0.2) is 11.9 Å². The normalized spacial score (nSPS) is 19.1. The average Bonchev–Trinajstić information content (AvgIpc) is 2.87. The van der Waals surface area contributed by atoms with Crippen molar-refractivity contribution in [1.29, 1.82) is 0 Å². The molecule has 0 aromatic heterocycles. The van der Waals surface area contributed by atoms with Gasteiger partial charge >= 0.3 is 11.9 Å². The Morgan fingerprint density at radius 1 is 0.826 bits per heavy atom. The van der Waals surface area contributed by atoms with Crippen molar-refractivity contribution in [3.8, 4) is 0 Å². The number of esters is 2. The van der Waals surface area contributed by atoms with Gasteiger partial charge in [-0.25, -0.2) is 0 Å². The molecule has 0 amide bonds.